The highest BCUT2D eigenvalue weighted by atomic mass is 16.2. The molecule has 1 aliphatic rings. The normalized spacial score (nSPS) is 20.6. The van der Waals surface area contributed by atoms with E-state index in [0.29, 0.717) is 19.4 Å². The van der Waals surface area contributed by atoms with Crippen LogP contribution in [0.15, 0.2) is 24.3 Å². The lowest BCUT2D eigenvalue weighted by molar-refractivity contribution is -0.123. The van der Waals surface area contributed by atoms with Gasteiger partial charge in [0.2, 0.25) is 11.8 Å². The van der Waals surface area contributed by atoms with Crippen molar-refractivity contribution < 1.29 is 9.59 Å². The molecule has 1 aromatic rings. The number of rotatable bonds is 5. The lowest BCUT2D eigenvalue weighted by atomic mass is 9.87. The molecule has 2 amide bonds. The summed E-state index contributed by atoms with van der Waals surface area (Å²) >= 11 is 0. The van der Waals surface area contributed by atoms with Crippen LogP contribution in [0.4, 0.5) is 5.69 Å². The quantitative estimate of drug-likeness (QED) is 0.709. The van der Waals surface area contributed by atoms with Crippen LogP contribution in [0.2, 0.25) is 0 Å². The van der Waals surface area contributed by atoms with Gasteiger partial charge in [0.15, 0.2) is 0 Å². The van der Waals surface area contributed by atoms with Gasteiger partial charge in [0, 0.05) is 24.7 Å². The molecule has 0 aromatic heterocycles. The lowest BCUT2D eigenvalue weighted by Gasteiger charge is -2.30. The molecule has 0 bridgehead atoms. The van der Waals surface area contributed by atoms with Crippen LogP contribution in [-0.4, -0.2) is 24.4 Å². The van der Waals surface area contributed by atoms with Crippen molar-refractivity contribution >= 4 is 17.5 Å². The summed E-state index contributed by atoms with van der Waals surface area (Å²) in [6.45, 7) is 2.56. The van der Waals surface area contributed by atoms with E-state index in [1.54, 1.807) is 0 Å². The zero-order valence-electron chi connectivity index (χ0n) is 11.7. The fourth-order valence-electron chi connectivity index (χ4n) is 2.58. The van der Waals surface area contributed by atoms with Crippen molar-refractivity contribution in [2.45, 2.75) is 38.1 Å². The van der Waals surface area contributed by atoms with E-state index in [0.717, 1.165) is 17.7 Å². The molecule has 5 nitrogen and oxygen atoms in total. The van der Waals surface area contributed by atoms with Gasteiger partial charge in [-0.05, 0) is 31.4 Å². The molecule has 0 aliphatic carbocycles. The first-order chi connectivity index (χ1) is 9.58. The van der Waals surface area contributed by atoms with E-state index in [1.807, 2.05) is 24.3 Å². The summed E-state index contributed by atoms with van der Waals surface area (Å²) < 4.78 is 0. The summed E-state index contributed by atoms with van der Waals surface area (Å²) in [6, 6.07) is 8.17. The van der Waals surface area contributed by atoms with Gasteiger partial charge in [-0.15, -0.1) is 0 Å². The predicted octanol–water partition coefficient (Wildman–Crippen LogP) is 1.36. The molecular formula is C15H21N3O2. The van der Waals surface area contributed by atoms with Crippen LogP contribution in [0, 0.1) is 0 Å². The van der Waals surface area contributed by atoms with Crippen LogP contribution in [0.3, 0.4) is 0 Å². The lowest BCUT2D eigenvalue weighted by Crippen LogP contribution is -2.36. The Balaban J connectivity index is 1.97. The maximum atomic E-state index is 12.3. The SMILES string of the molecule is CC1CC(C(=O)NCCCC(N)=O)c2ccccc2N1. The van der Waals surface area contributed by atoms with Gasteiger partial charge in [-0.1, -0.05) is 18.2 Å². The van der Waals surface area contributed by atoms with E-state index >= 15 is 0 Å². The summed E-state index contributed by atoms with van der Waals surface area (Å²) in [4.78, 5) is 22.9. The molecular weight excluding hydrogens is 254 g/mol. The zero-order chi connectivity index (χ0) is 14.5. The van der Waals surface area contributed by atoms with Gasteiger partial charge in [0.25, 0.3) is 0 Å². The average Bonchev–Trinajstić information content (AvgIpc) is 2.42. The van der Waals surface area contributed by atoms with E-state index in [2.05, 4.69) is 17.6 Å². The Kier molecular flexibility index (Phi) is 4.61. The fourth-order valence-corrected chi connectivity index (χ4v) is 2.58. The minimum atomic E-state index is -0.333. The third kappa shape index (κ3) is 3.50. The molecule has 1 aliphatic heterocycles. The molecule has 4 N–H and O–H groups in total. The van der Waals surface area contributed by atoms with Gasteiger partial charge in [0.1, 0.15) is 0 Å². The minimum absolute atomic E-state index is 0.0234. The second kappa shape index (κ2) is 6.41. The number of fused-ring (bicyclic) bond motifs is 1. The van der Waals surface area contributed by atoms with Crippen molar-refractivity contribution in [1.82, 2.24) is 5.32 Å². The molecule has 20 heavy (non-hydrogen) atoms. The Morgan fingerprint density at radius 3 is 2.90 bits per heavy atom. The van der Waals surface area contributed by atoms with Crippen molar-refractivity contribution in [2.24, 2.45) is 5.73 Å². The number of primary amides is 1. The average molecular weight is 275 g/mol. The van der Waals surface area contributed by atoms with Gasteiger partial charge in [0.05, 0.1) is 5.92 Å². The molecule has 0 radical (unpaired) electrons. The van der Waals surface area contributed by atoms with Gasteiger partial charge < -0.3 is 16.4 Å². The Bertz CT molecular complexity index is 502. The van der Waals surface area contributed by atoms with E-state index in [9.17, 15) is 9.59 Å². The maximum absolute atomic E-state index is 12.3. The van der Waals surface area contributed by atoms with Crippen molar-refractivity contribution in [2.75, 3.05) is 11.9 Å². The molecule has 2 rings (SSSR count). The van der Waals surface area contributed by atoms with Gasteiger partial charge in [-0.2, -0.15) is 0 Å². The molecule has 0 saturated carbocycles. The van der Waals surface area contributed by atoms with Crippen molar-refractivity contribution in [1.29, 1.82) is 0 Å². The molecule has 0 fully saturated rings. The number of anilines is 1. The van der Waals surface area contributed by atoms with Crippen LogP contribution in [0.1, 0.15) is 37.7 Å². The first-order valence-electron chi connectivity index (χ1n) is 6.99. The van der Waals surface area contributed by atoms with Crippen LogP contribution in [0.25, 0.3) is 0 Å². The smallest absolute Gasteiger partial charge is 0.227 e. The number of nitrogens with one attached hydrogen (secondary N) is 2. The Hall–Kier alpha value is -2.04. The predicted molar refractivity (Wildman–Crippen MR) is 78.3 cm³/mol. The second-order valence-corrected chi connectivity index (χ2v) is 5.28. The number of benzene rings is 1. The van der Waals surface area contributed by atoms with Crippen LogP contribution >= 0.6 is 0 Å². The second-order valence-electron chi connectivity index (χ2n) is 5.28. The monoisotopic (exact) mass is 275 g/mol. The summed E-state index contributed by atoms with van der Waals surface area (Å²) in [7, 11) is 0. The fraction of sp³-hybridized carbons (Fsp3) is 0.467. The number of hydrogen-bond donors (Lipinski definition) is 3. The number of carbonyl (C=O) groups is 2. The first-order valence-corrected chi connectivity index (χ1v) is 6.99. The van der Waals surface area contributed by atoms with Crippen molar-refractivity contribution in [3.05, 3.63) is 29.8 Å². The van der Waals surface area contributed by atoms with E-state index in [1.165, 1.54) is 0 Å². The number of hydrogen-bond acceptors (Lipinski definition) is 3. The molecule has 1 aromatic carbocycles. The Labute approximate surface area is 118 Å². The van der Waals surface area contributed by atoms with E-state index in [-0.39, 0.29) is 23.8 Å². The number of nitrogens with two attached hydrogens (primary N) is 1. The van der Waals surface area contributed by atoms with Crippen LogP contribution in [0.5, 0.6) is 0 Å². The molecule has 108 valence electrons. The number of carbonyl (C=O) groups excluding carboxylic acids is 2. The number of amides is 2. The maximum Gasteiger partial charge on any atom is 0.227 e. The van der Waals surface area contributed by atoms with Gasteiger partial charge in [-0.25, -0.2) is 0 Å². The molecule has 5 heteroatoms. The summed E-state index contributed by atoms with van der Waals surface area (Å²) in [6.07, 6.45) is 1.67. The van der Waals surface area contributed by atoms with E-state index < -0.39 is 0 Å². The highest BCUT2D eigenvalue weighted by Crippen LogP contribution is 2.33. The molecule has 0 spiro atoms. The Morgan fingerprint density at radius 1 is 1.40 bits per heavy atom. The largest absolute Gasteiger partial charge is 0.382 e. The summed E-state index contributed by atoms with van der Waals surface area (Å²) in [5.41, 5.74) is 7.14. The first kappa shape index (κ1) is 14.4. The van der Waals surface area contributed by atoms with Crippen molar-refractivity contribution in [3.8, 4) is 0 Å². The molecule has 2 atom stereocenters. The standard InChI is InChI=1S/C15H21N3O2/c1-10-9-12(11-5-2-3-6-13(11)18-10)15(20)17-8-4-7-14(16)19/h2-3,5-6,10,12,18H,4,7-9H2,1H3,(H2,16,19)(H,17,20). The Morgan fingerprint density at radius 2 is 2.15 bits per heavy atom. The van der Waals surface area contributed by atoms with Crippen LogP contribution < -0.4 is 16.4 Å². The topological polar surface area (TPSA) is 84.2 Å². The molecule has 1 heterocycles. The van der Waals surface area contributed by atoms with Crippen LogP contribution in [-0.2, 0) is 9.59 Å². The minimum Gasteiger partial charge on any atom is -0.382 e. The van der Waals surface area contributed by atoms with Crippen molar-refractivity contribution in [3.63, 3.8) is 0 Å². The molecule has 0 saturated heterocycles. The summed E-state index contributed by atoms with van der Waals surface area (Å²) in [5, 5.41) is 6.28. The summed E-state index contributed by atoms with van der Waals surface area (Å²) in [5.74, 6) is -0.439. The number of para-hydroxylation sites is 1. The zero-order valence-corrected chi connectivity index (χ0v) is 11.7. The van der Waals surface area contributed by atoms with E-state index in [4.69, 9.17) is 5.73 Å². The van der Waals surface area contributed by atoms with Gasteiger partial charge in [-0.3, -0.25) is 9.59 Å². The molecule has 2 unspecified atom stereocenters. The van der Waals surface area contributed by atoms with Gasteiger partial charge >= 0.3 is 0 Å². The highest BCUT2D eigenvalue weighted by Gasteiger charge is 2.29. The third-order valence-electron chi connectivity index (χ3n) is 3.54. The third-order valence-corrected chi connectivity index (χ3v) is 3.54. The highest BCUT2D eigenvalue weighted by molar-refractivity contribution is 5.86.